The number of hydrogen-bond donors (Lipinski definition) is 1. The van der Waals surface area contributed by atoms with Crippen molar-refractivity contribution in [2.24, 2.45) is 5.16 Å². The van der Waals surface area contributed by atoms with Gasteiger partial charge in [-0.1, -0.05) is 5.16 Å². The van der Waals surface area contributed by atoms with Crippen molar-refractivity contribution >= 4 is 17.0 Å². The fraction of sp³-hybridized carbons (Fsp3) is 0.167. The highest BCUT2D eigenvalue weighted by Gasteiger charge is 2.06. The molecule has 56 valence electrons. The van der Waals surface area contributed by atoms with Crippen LogP contribution >= 0.6 is 11.3 Å². The van der Waals surface area contributed by atoms with Crippen molar-refractivity contribution in [1.82, 2.24) is 4.98 Å². The van der Waals surface area contributed by atoms with E-state index in [0.717, 1.165) is 5.69 Å². The van der Waals surface area contributed by atoms with Gasteiger partial charge in [0.05, 0.1) is 0 Å². The van der Waals surface area contributed by atoms with Crippen LogP contribution in [0.15, 0.2) is 10.5 Å². The van der Waals surface area contributed by atoms with E-state index in [0.29, 0.717) is 5.01 Å². The number of rotatable bonds is 1. The largest absolute Gasteiger partial charge is 0.410 e. The fourth-order valence-electron chi connectivity index (χ4n) is 0.576. The summed E-state index contributed by atoms with van der Waals surface area (Å²) in [6.07, 6.45) is 0. The van der Waals surface area contributed by atoms with Crippen molar-refractivity contribution in [3.05, 3.63) is 16.1 Å². The van der Waals surface area contributed by atoms with Crippen molar-refractivity contribution in [3.63, 3.8) is 0 Å². The highest BCUT2D eigenvalue weighted by Crippen LogP contribution is 2.09. The Bertz CT molecular complexity index is 323. The summed E-state index contributed by atoms with van der Waals surface area (Å²) in [5, 5.41) is 21.8. The van der Waals surface area contributed by atoms with Crippen LogP contribution in [0, 0.1) is 18.3 Å². The molecule has 11 heavy (non-hydrogen) atoms. The lowest BCUT2D eigenvalue weighted by Gasteiger charge is -1.83. The lowest BCUT2D eigenvalue weighted by atomic mass is 10.4. The number of aryl methyl sites for hydroxylation is 1. The fourth-order valence-corrected chi connectivity index (χ4v) is 1.31. The van der Waals surface area contributed by atoms with E-state index in [1.54, 1.807) is 11.4 Å². The van der Waals surface area contributed by atoms with Gasteiger partial charge in [-0.25, -0.2) is 4.98 Å². The van der Waals surface area contributed by atoms with Crippen LogP contribution < -0.4 is 0 Å². The van der Waals surface area contributed by atoms with Crippen LogP contribution in [0.25, 0.3) is 0 Å². The Balaban J connectivity index is 3.03. The molecule has 1 aromatic rings. The van der Waals surface area contributed by atoms with E-state index in [1.807, 2.05) is 6.92 Å². The van der Waals surface area contributed by atoms with Crippen LogP contribution in [0.5, 0.6) is 0 Å². The van der Waals surface area contributed by atoms with Gasteiger partial charge in [-0.2, -0.15) is 5.26 Å². The van der Waals surface area contributed by atoms with Crippen molar-refractivity contribution < 1.29 is 5.21 Å². The Labute approximate surface area is 67.4 Å². The standard InChI is InChI=1S/C6H5N3OS/c1-4-3-11-6(8-4)5(2-7)9-10/h3,10H,1H3/b9-5+. The van der Waals surface area contributed by atoms with Gasteiger partial charge in [-0.05, 0) is 6.92 Å². The summed E-state index contributed by atoms with van der Waals surface area (Å²) < 4.78 is 0. The summed E-state index contributed by atoms with van der Waals surface area (Å²) in [6.45, 7) is 1.81. The van der Waals surface area contributed by atoms with Gasteiger partial charge in [0, 0.05) is 11.1 Å². The van der Waals surface area contributed by atoms with Gasteiger partial charge in [0.1, 0.15) is 6.07 Å². The molecule has 1 rings (SSSR count). The monoisotopic (exact) mass is 167 g/mol. The van der Waals surface area contributed by atoms with Crippen molar-refractivity contribution in [2.75, 3.05) is 0 Å². The SMILES string of the molecule is Cc1csc(/C(C#N)=N/O)n1. The number of nitrogens with zero attached hydrogens (tertiary/aromatic N) is 3. The molecule has 0 aliphatic rings. The lowest BCUT2D eigenvalue weighted by molar-refractivity contribution is 0.320. The first kappa shape index (κ1) is 7.69. The second-order valence-electron chi connectivity index (χ2n) is 1.85. The van der Waals surface area contributed by atoms with Gasteiger partial charge in [0.25, 0.3) is 0 Å². The van der Waals surface area contributed by atoms with Crippen LogP contribution in [-0.2, 0) is 0 Å². The van der Waals surface area contributed by atoms with Gasteiger partial charge in [-0.3, -0.25) is 0 Å². The molecule has 0 fully saturated rings. The number of nitriles is 1. The van der Waals surface area contributed by atoms with Gasteiger partial charge in [-0.15, -0.1) is 11.3 Å². The summed E-state index contributed by atoms with van der Waals surface area (Å²) in [5.74, 6) is 0. The number of hydrogen-bond acceptors (Lipinski definition) is 5. The zero-order chi connectivity index (χ0) is 8.27. The summed E-state index contributed by atoms with van der Waals surface area (Å²) in [4.78, 5) is 3.96. The Morgan fingerprint density at radius 1 is 1.91 bits per heavy atom. The maximum absolute atomic E-state index is 8.41. The van der Waals surface area contributed by atoms with Crippen LogP contribution in [0.1, 0.15) is 10.7 Å². The van der Waals surface area contributed by atoms with E-state index in [9.17, 15) is 0 Å². The zero-order valence-corrected chi connectivity index (χ0v) is 6.59. The summed E-state index contributed by atoms with van der Waals surface area (Å²) >= 11 is 1.28. The molecule has 0 bridgehead atoms. The molecule has 1 N–H and O–H groups in total. The molecule has 0 radical (unpaired) electrons. The van der Waals surface area contributed by atoms with Gasteiger partial charge in [0.2, 0.25) is 5.71 Å². The maximum atomic E-state index is 8.41. The Morgan fingerprint density at radius 3 is 3.00 bits per heavy atom. The van der Waals surface area contributed by atoms with E-state index in [4.69, 9.17) is 10.5 Å². The molecule has 0 unspecified atom stereocenters. The third-order valence-electron chi connectivity index (χ3n) is 1.03. The Morgan fingerprint density at radius 2 is 2.64 bits per heavy atom. The summed E-state index contributed by atoms with van der Waals surface area (Å²) in [7, 11) is 0. The van der Waals surface area contributed by atoms with Crippen molar-refractivity contribution in [1.29, 1.82) is 5.26 Å². The molecular formula is C6H5N3OS. The molecule has 5 heteroatoms. The third-order valence-corrected chi connectivity index (χ3v) is 1.99. The van der Waals surface area contributed by atoms with Crippen LogP contribution in [0.4, 0.5) is 0 Å². The van der Waals surface area contributed by atoms with E-state index >= 15 is 0 Å². The number of aromatic nitrogens is 1. The smallest absolute Gasteiger partial charge is 0.215 e. The normalized spacial score (nSPS) is 11.1. The van der Waals surface area contributed by atoms with E-state index in [-0.39, 0.29) is 5.71 Å². The molecule has 0 saturated carbocycles. The minimum Gasteiger partial charge on any atom is -0.410 e. The average Bonchev–Trinajstić information content (AvgIpc) is 2.39. The average molecular weight is 167 g/mol. The molecule has 0 aliphatic carbocycles. The van der Waals surface area contributed by atoms with Crippen molar-refractivity contribution in [3.8, 4) is 6.07 Å². The van der Waals surface area contributed by atoms with Crippen LogP contribution in [-0.4, -0.2) is 15.9 Å². The van der Waals surface area contributed by atoms with Crippen LogP contribution in [0.3, 0.4) is 0 Å². The van der Waals surface area contributed by atoms with E-state index in [2.05, 4.69) is 10.1 Å². The molecular weight excluding hydrogens is 162 g/mol. The molecule has 0 amide bonds. The maximum Gasteiger partial charge on any atom is 0.215 e. The van der Waals surface area contributed by atoms with Crippen LogP contribution in [0.2, 0.25) is 0 Å². The topological polar surface area (TPSA) is 69.3 Å². The molecule has 0 atom stereocenters. The van der Waals surface area contributed by atoms with Gasteiger partial charge < -0.3 is 5.21 Å². The number of oxime groups is 1. The Kier molecular flexibility index (Phi) is 2.18. The summed E-state index contributed by atoms with van der Waals surface area (Å²) in [5.41, 5.74) is 0.782. The molecule has 0 saturated heterocycles. The minimum absolute atomic E-state index is 0.0388. The molecule has 0 aliphatic heterocycles. The predicted molar refractivity (Wildman–Crippen MR) is 40.8 cm³/mol. The molecule has 0 spiro atoms. The minimum atomic E-state index is -0.0388. The highest BCUT2D eigenvalue weighted by molar-refractivity contribution is 7.12. The van der Waals surface area contributed by atoms with Crippen molar-refractivity contribution in [2.45, 2.75) is 6.92 Å². The number of thiazole rings is 1. The third kappa shape index (κ3) is 1.53. The quantitative estimate of drug-likeness (QED) is 0.387. The van der Waals surface area contributed by atoms with Gasteiger partial charge in [0.15, 0.2) is 5.01 Å². The summed E-state index contributed by atoms with van der Waals surface area (Å²) in [6, 6.07) is 1.73. The second kappa shape index (κ2) is 3.12. The van der Waals surface area contributed by atoms with E-state index in [1.165, 1.54) is 11.3 Å². The first-order chi connectivity index (χ1) is 5.27. The molecule has 1 heterocycles. The molecule has 1 aromatic heterocycles. The predicted octanol–water partition coefficient (Wildman–Crippen LogP) is 1.15. The highest BCUT2D eigenvalue weighted by atomic mass is 32.1. The Hall–Kier alpha value is -1.41. The lowest BCUT2D eigenvalue weighted by Crippen LogP contribution is -1.95. The zero-order valence-electron chi connectivity index (χ0n) is 5.77. The van der Waals surface area contributed by atoms with Gasteiger partial charge >= 0.3 is 0 Å². The first-order valence-electron chi connectivity index (χ1n) is 2.82. The molecule has 0 aromatic carbocycles. The molecule has 4 nitrogen and oxygen atoms in total. The first-order valence-corrected chi connectivity index (χ1v) is 3.70. The second-order valence-corrected chi connectivity index (χ2v) is 2.71. The van der Waals surface area contributed by atoms with E-state index < -0.39 is 0 Å².